The van der Waals surface area contributed by atoms with Crippen LogP contribution in [0.5, 0.6) is 0 Å². The topological polar surface area (TPSA) is 39.1 Å². The third kappa shape index (κ3) is 2.91. The summed E-state index contributed by atoms with van der Waals surface area (Å²) in [6.45, 7) is 3.98. The van der Waals surface area contributed by atoms with Crippen LogP contribution in [0.25, 0.3) is 0 Å². The fraction of sp³-hybridized carbons (Fsp3) is 0.812. The Bertz CT molecular complexity index is 449. The van der Waals surface area contributed by atoms with E-state index >= 15 is 0 Å². The highest BCUT2D eigenvalue weighted by Gasteiger charge is 2.40. The van der Waals surface area contributed by atoms with Gasteiger partial charge in [0.25, 0.3) is 0 Å². The van der Waals surface area contributed by atoms with Gasteiger partial charge in [0.05, 0.1) is 17.9 Å². The van der Waals surface area contributed by atoms with Gasteiger partial charge in [-0.15, -0.1) is 0 Å². The zero-order valence-electron chi connectivity index (χ0n) is 12.8. The maximum absolute atomic E-state index is 6.38. The van der Waals surface area contributed by atoms with Crippen LogP contribution in [0.15, 0.2) is 6.20 Å². The summed E-state index contributed by atoms with van der Waals surface area (Å²) in [5.41, 5.74) is 2.78. The van der Waals surface area contributed by atoms with Gasteiger partial charge >= 0.3 is 0 Å². The van der Waals surface area contributed by atoms with Crippen molar-refractivity contribution < 1.29 is 4.74 Å². The molecule has 1 saturated carbocycles. The number of rotatable bonds is 4. The Morgan fingerprint density at radius 3 is 2.85 bits per heavy atom. The highest BCUT2D eigenvalue weighted by Crippen LogP contribution is 2.41. The fourth-order valence-electron chi connectivity index (χ4n) is 3.69. The highest BCUT2D eigenvalue weighted by atomic mass is 16.5. The van der Waals surface area contributed by atoms with Crippen LogP contribution in [0, 0.1) is 6.92 Å². The SMILES string of the molecule is Cc1c(CNCC2CCC3(CCCCC3)O2)cnn1C. The Kier molecular flexibility index (Phi) is 4.13. The first-order chi connectivity index (χ1) is 9.69. The van der Waals surface area contributed by atoms with Gasteiger partial charge in [-0.25, -0.2) is 0 Å². The molecule has 1 unspecified atom stereocenters. The van der Waals surface area contributed by atoms with Gasteiger partial charge in [0, 0.05) is 31.4 Å². The lowest BCUT2D eigenvalue weighted by Gasteiger charge is -2.33. The van der Waals surface area contributed by atoms with Gasteiger partial charge in [-0.05, 0) is 32.6 Å². The van der Waals surface area contributed by atoms with E-state index in [1.165, 1.54) is 56.2 Å². The summed E-state index contributed by atoms with van der Waals surface area (Å²) >= 11 is 0. The van der Waals surface area contributed by atoms with Crippen LogP contribution < -0.4 is 5.32 Å². The van der Waals surface area contributed by atoms with E-state index in [1.807, 2.05) is 17.9 Å². The number of ether oxygens (including phenoxy) is 1. The van der Waals surface area contributed by atoms with E-state index in [9.17, 15) is 0 Å². The lowest BCUT2D eigenvalue weighted by Crippen LogP contribution is -2.34. The molecule has 2 fully saturated rings. The van der Waals surface area contributed by atoms with Crippen molar-refractivity contribution in [2.24, 2.45) is 7.05 Å². The molecule has 1 N–H and O–H groups in total. The summed E-state index contributed by atoms with van der Waals surface area (Å²) < 4.78 is 8.31. The van der Waals surface area contributed by atoms with Crippen LogP contribution in [0.1, 0.15) is 56.2 Å². The summed E-state index contributed by atoms with van der Waals surface area (Å²) in [7, 11) is 1.99. The van der Waals surface area contributed by atoms with E-state index in [2.05, 4.69) is 17.3 Å². The smallest absolute Gasteiger partial charge is 0.0708 e. The van der Waals surface area contributed by atoms with Crippen LogP contribution in [-0.4, -0.2) is 28.0 Å². The lowest BCUT2D eigenvalue weighted by atomic mass is 9.83. The molecule has 0 aromatic carbocycles. The highest BCUT2D eigenvalue weighted by molar-refractivity contribution is 5.15. The van der Waals surface area contributed by atoms with Crippen LogP contribution in [0.3, 0.4) is 0 Å². The van der Waals surface area contributed by atoms with Crippen LogP contribution in [-0.2, 0) is 18.3 Å². The van der Waals surface area contributed by atoms with Crippen molar-refractivity contribution in [3.05, 3.63) is 17.5 Å². The molecule has 4 heteroatoms. The third-order valence-electron chi connectivity index (χ3n) is 5.13. The maximum Gasteiger partial charge on any atom is 0.0708 e. The third-order valence-corrected chi connectivity index (χ3v) is 5.13. The molecule has 4 nitrogen and oxygen atoms in total. The van der Waals surface area contributed by atoms with E-state index in [4.69, 9.17) is 4.74 Å². The zero-order chi connectivity index (χ0) is 14.0. The van der Waals surface area contributed by atoms with Crippen molar-refractivity contribution in [3.8, 4) is 0 Å². The van der Waals surface area contributed by atoms with Crippen molar-refractivity contribution in [2.75, 3.05) is 6.54 Å². The number of hydrogen-bond donors (Lipinski definition) is 1. The van der Waals surface area contributed by atoms with Crippen molar-refractivity contribution in [2.45, 2.75) is 70.1 Å². The molecule has 0 amide bonds. The van der Waals surface area contributed by atoms with Gasteiger partial charge in [0.1, 0.15) is 0 Å². The summed E-state index contributed by atoms with van der Waals surface area (Å²) in [5.74, 6) is 0. The molecular weight excluding hydrogens is 250 g/mol. The van der Waals surface area contributed by atoms with E-state index in [1.54, 1.807) is 0 Å². The van der Waals surface area contributed by atoms with Gasteiger partial charge < -0.3 is 10.1 Å². The minimum Gasteiger partial charge on any atom is -0.370 e. The molecule has 1 aromatic heterocycles. The maximum atomic E-state index is 6.38. The number of nitrogens with zero attached hydrogens (tertiary/aromatic N) is 2. The lowest BCUT2D eigenvalue weighted by molar-refractivity contribution is -0.0624. The molecular formula is C16H27N3O. The Morgan fingerprint density at radius 1 is 1.35 bits per heavy atom. The average Bonchev–Trinajstić information content (AvgIpc) is 2.98. The monoisotopic (exact) mass is 277 g/mol. The standard InChI is InChI=1S/C16H27N3O/c1-13-14(11-18-19(13)2)10-17-12-15-6-9-16(20-15)7-4-3-5-8-16/h11,15,17H,3-10,12H2,1-2H3. The molecule has 20 heavy (non-hydrogen) atoms. The second kappa shape index (κ2) is 5.86. The van der Waals surface area contributed by atoms with E-state index in [0.29, 0.717) is 6.10 Å². The molecule has 0 radical (unpaired) electrons. The molecule has 112 valence electrons. The molecule has 1 saturated heterocycles. The summed E-state index contributed by atoms with van der Waals surface area (Å²) in [5, 5.41) is 7.82. The molecule has 1 aliphatic heterocycles. The van der Waals surface area contributed by atoms with Gasteiger partial charge in [0.15, 0.2) is 0 Å². The van der Waals surface area contributed by atoms with E-state index in [-0.39, 0.29) is 5.60 Å². The second-order valence-electron chi connectivity index (χ2n) is 6.53. The average molecular weight is 277 g/mol. The van der Waals surface area contributed by atoms with Crippen molar-refractivity contribution >= 4 is 0 Å². The van der Waals surface area contributed by atoms with Crippen molar-refractivity contribution in [3.63, 3.8) is 0 Å². The number of hydrogen-bond acceptors (Lipinski definition) is 3. The van der Waals surface area contributed by atoms with Gasteiger partial charge in [-0.3, -0.25) is 4.68 Å². The number of aryl methyl sites for hydroxylation is 1. The Hall–Kier alpha value is -0.870. The molecule has 1 spiro atoms. The van der Waals surface area contributed by atoms with Crippen molar-refractivity contribution in [1.29, 1.82) is 0 Å². The van der Waals surface area contributed by atoms with Crippen LogP contribution >= 0.6 is 0 Å². The van der Waals surface area contributed by atoms with E-state index in [0.717, 1.165) is 13.1 Å². The summed E-state index contributed by atoms with van der Waals surface area (Å²) in [6, 6.07) is 0. The second-order valence-corrected chi connectivity index (χ2v) is 6.53. The first-order valence-electron chi connectivity index (χ1n) is 8.05. The predicted octanol–water partition coefficient (Wildman–Crippen LogP) is 2.70. The Morgan fingerprint density at radius 2 is 2.15 bits per heavy atom. The van der Waals surface area contributed by atoms with Crippen LogP contribution in [0.2, 0.25) is 0 Å². The molecule has 1 aliphatic carbocycles. The molecule has 0 bridgehead atoms. The molecule has 1 atom stereocenters. The first kappa shape index (κ1) is 14.1. The predicted molar refractivity (Wildman–Crippen MR) is 79.6 cm³/mol. The minimum atomic E-state index is 0.245. The van der Waals surface area contributed by atoms with Crippen molar-refractivity contribution in [1.82, 2.24) is 15.1 Å². The van der Waals surface area contributed by atoms with Gasteiger partial charge in [0.2, 0.25) is 0 Å². The minimum absolute atomic E-state index is 0.245. The van der Waals surface area contributed by atoms with E-state index < -0.39 is 0 Å². The zero-order valence-corrected chi connectivity index (χ0v) is 12.8. The number of nitrogens with one attached hydrogen (secondary N) is 1. The Balaban J connectivity index is 1.44. The Labute approximate surface area is 121 Å². The molecule has 2 aliphatic rings. The molecule has 3 rings (SSSR count). The normalized spacial score (nSPS) is 25.4. The number of aromatic nitrogens is 2. The quantitative estimate of drug-likeness (QED) is 0.919. The van der Waals surface area contributed by atoms with Crippen LogP contribution in [0.4, 0.5) is 0 Å². The largest absolute Gasteiger partial charge is 0.370 e. The van der Waals surface area contributed by atoms with Gasteiger partial charge in [-0.1, -0.05) is 19.3 Å². The molecule has 2 heterocycles. The van der Waals surface area contributed by atoms with Gasteiger partial charge in [-0.2, -0.15) is 5.10 Å². The summed E-state index contributed by atoms with van der Waals surface area (Å²) in [4.78, 5) is 0. The first-order valence-corrected chi connectivity index (χ1v) is 8.05. The molecule has 1 aromatic rings. The fourth-order valence-corrected chi connectivity index (χ4v) is 3.69. The summed E-state index contributed by atoms with van der Waals surface area (Å²) in [6.07, 6.45) is 11.5.